The summed E-state index contributed by atoms with van der Waals surface area (Å²) in [4.78, 5) is 12.5. The van der Waals surface area contributed by atoms with Gasteiger partial charge >= 0.3 is 0 Å². The summed E-state index contributed by atoms with van der Waals surface area (Å²) < 4.78 is 25.0. The van der Waals surface area contributed by atoms with Crippen molar-refractivity contribution in [3.63, 3.8) is 0 Å². The number of carbonyl (C=O) groups is 1. The zero-order valence-electron chi connectivity index (χ0n) is 14.3. The molecular formula is C18H21ClN2O3S. The van der Waals surface area contributed by atoms with Crippen LogP contribution in [0.2, 0.25) is 5.02 Å². The molecule has 0 spiro atoms. The van der Waals surface area contributed by atoms with Gasteiger partial charge in [-0.3, -0.25) is 9.52 Å². The van der Waals surface area contributed by atoms with Gasteiger partial charge in [-0.1, -0.05) is 42.8 Å². The number of halogens is 1. The molecule has 134 valence electrons. The summed E-state index contributed by atoms with van der Waals surface area (Å²) in [7, 11) is -3.43. The second-order valence-corrected chi connectivity index (χ2v) is 8.01. The molecule has 2 N–H and O–H groups in total. The highest BCUT2D eigenvalue weighted by molar-refractivity contribution is 7.92. The molecule has 0 aromatic heterocycles. The van der Waals surface area contributed by atoms with E-state index in [1.54, 1.807) is 0 Å². The first kappa shape index (κ1) is 19.3. The molecule has 1 amide bonds. The van der Waals surface area contributed by atoms with Crippen molar-refractivity contribution in [1.29, 1.82) is 0 Å². The number of aryl methyl sites for hydroxylation is 1. The summed E-state index contributed by atoms with van der Waals surface area (Å²) in [5.41, 5.74) is 2.71. The summed E-state index contributed by atoms with van der Waals surface area (Å²) in [6.07, 6.45) is 2.00. The molecule has 0 saturated heterocycles. The molecule has 1 atom stereocenters. The Bertz CT molecular complexity index is 864. The van der Waals surface area contributed by atoms with Gasteiger partial charge < -0.3 is 5.32 Å². The van der Waals surface area contributed by atoms with Gasteiger partial charge in [0.1, 0.15) is 0 Å². The fourth-order valence-corrected chi connectivity index (χ4v) is 3.14. The number of hydrogen-bond donors (Lipinski definition) is 2. The van der Waals surface area contributed by atoms with Crippen LogP contribution in [0.1, 0.15) is 41.4 Å². The van der Waals surface area contributed by atoms with Crippen LogP contribution in [0.15, 0.2) is 42.5 Å². The number of carbonyl (C=O) groups excluding carboxylic acids is 1. The predicted molar refractivity (Wildman–Crippen MR) is 102 cm³/mol. The highest BCUT2D eigenvalue weighted by Gasteiger charge is 2.16. The maximum atomic E-state index is 12.5. The smallest absolute Gasteiger partial charge is 0.253 e. The SMILES string of the molecule is CCc1ccc(C(C)NC(=O)c2cc(NS(C)(=O)=O)ccc2Cl)cc1. The van der Waals surface area contributed by atoms with Crippen molar-refractivity contribution in [3.8, 4) is 0 Å². The van der Waals surface area contributed by atoms with Crippen LogP contribution in [-0.2, 0) is 16.4 Å². The van der Waals surface area contributed by atoms with Gasteiger partial charge in [0.05, 0.1) is 22.9 Å². The highest BCUT2D eigenvalue weighted by Crippen LogP contribution is 2.22. The second kappa shape index (κ2) is 7.89. The van der Waals surface area contributed by atoms with Crippen LogP contribution in [0.3, 0.4) is 0 Å². The molecule has 1 unspecified atom stereocenters. The lowest BCUT2D eigenvalue weighted by Crippen LogP contribution is -2.27. The van der Waals surface area contributed by atoms with Crippen molar-refractivity contribution in [1.82, 2.24) is 5.32 Å². The highest BCUT2D eigenvalue weighted by atomic mass is 35.5. The predicted octanol–water partition coefficient (Wildman–Crippen LogP) is 3.76. The molecule has 2 aromatic carbocycles. The third kappa shape index (κ3) is 5.47. The van der Waals surface area contributed by atoms with Crippen LogP contribution in [0.25, 0.3) is 0 Å². The Labute approximate surface area is 153 Å². The maximum Gasteiger partial charge on any atom is 0.253 e. The molecule has 2 aromatic rings. The Hall–Kier alpha value is -2.05. The molecule has 0 saturated carbocycles. The van der Waals surface area contributed by atoms with E-state index in [9.17, 15) is 13.2 Å². The first-order valence-corrected chi connectivity index (χ1v) is 10.1. The average Bonchev–Trinajstić information content (AvgIpc) is 2.55. The molecular weight excluding hydrogens is 360 g/mol. The topological polar surface area (TPSA) is 75.3 Å². The van der Waals surface area contributed by atoms with Gasteiger partial charge in [-0.2, -0.15) is 0 Å². The first-order chi connectivity index (χ1) is 11.7. The van der Waals surface area contributed by atoms with Crippen molar-refractivity contribution < 1.29 is 13.2 Å². The molecule has 25 heavy (non-hydrogen) atoms. The Balaban J connectivity index is 2.17. The van der Waals surface area contributed by atoms with Crippen LogP contribution in [0.4, 0.5) is 5.69 Å². The largest absolute Gasteiger partial charge is 0.345 e. The number of sulfonamides is 1. The van der Waals surface area contributed by atoms with Crippen LogP contribution >= 0.6 is 11.6 Å². The monoisotopic (exact) mass is 380 g/mol. The molecule has 0 aliphatic carbocycles. The summed E-state index contributed by atoms with van der Waals surface area (Å²) in [6, 6.07) is 12.2. The van der Waals surface area contributed by atoms with E-state index in [1.165, 1.54) is 23.8 Å². The molecule has 5 nitrogen and oxygen atoms in total. The minimum absolute atomic E-state index is 0.207. The number of benzene rings is 2. The molecule has 0 fully saturated rings. The molecule has 2 rings (SSSR count). The lowest BCUT2D eigenvalue weighted by Gasteiger charge is -2.16. The molecule has 0 radical (unpaired) electrons. The normalized spacial score (nSPS) is 12.5. The summed E-state index contributed by atoms with van der Waals surface area (Å²) >= 11 is 6.09. The summed E-state index contributed by atoms with van der Waals surface area (Å²) in [5, 5.41) is 3.13. The lowest BCUT2D eigenvalue weighted by molar-refractivity contribution is 0.0940. The average molecular weight is 381 g/mol. The standard InChI is InChI=1S/C18H21ClN2O3S/c1-4-13-5-7-14(8-6-13)12(2)20-18(22)16-11-15(9-10-17(16)19)21-25(3,23)24/h5-12,21H,4H2,1-3H3,(H,20,22). The first-order valence-electron chi connectivity index (χ1n) is 7.86. The number of nitrogens with one attached hydrogen (secondary N) is 2. The number of rotatable bonds is 6. The third-order valence-corrected chi connectivity index (χ3v) is 4.69. The van der Waals surface area contributed by atoms with E-state index in [2.05, 4.69) is 17.0 Å². The van der Waals surface area contributed by atoms with Crippen LogP contribution < -0.4 is 10.0 Å². The molecule has 0 aliphatic rings. The molecule has 0 heterocycles. The van der Waals surface area contributed by atoms with Crippen molar-refractivity contribution in [2.45, 2.75) is 26.3 Å². The quantitative estimate of drug-likeness (QED) is 0.801. The van der Waals surface area contributed by atoms with Gasteiger partial charge in [-0.15, -0.1) is 0 Å². The Kier molecular flexibility index (Phi) is 6.08. The van der Waals surface area contributed by atoms with Crippen molar-refractivity contribution >= 4 is 33.2 Å². The number of hydrogen-bond acceptors (Lipinski definition) is 3. The lowest BCUT2D eigenvalue weighted by atomic mass is 10.0. The zero-order valence-corrected chi connectivity index (χ0v) is 15.9. The van der Waals surface area contributed by atoms with Crippen LogP contribution in [0.5, 0.6) is 0 Å². The van der Waals surface area contributed by atoms with Crippen molar-refractivity contribution in [2.24, 2.45) is 0 Å². The van der Waals surface area contributed by atoms with Gasteiger partial charge in [0.15, 0.2) is 0 Å². The van der Waals surface area contributed by atoms with Crippen molar-refractivity contribution in [2.75, 3.05) is 11.0 Å². The Morgan fingerprint density at radius 1 is 1.16 bits per heavy atom. The third-order valence-electron chi connectivity index (χ3n) is 3.75. The van der Waals surface area contributed by atoms with E-state index in [1.807, 2.05) is 31.2 Å². The Morgan fingerprint density at radius 3 is 2.36 bits per heavy atom. The number of anilines is 1. The van der Waals surface area contributed by atoms with E-state index in [0.29, 0.717) is 0 Å². The van der Waals surface area contributed by atoms with Gasteiger partial charge in [0, 0.05) is 5.69 Å². The van der Waals surface area contributed by atoms with Gasteiger partial charge in [0.25, 0.3) is 5.91 Å². The maximum absolute atomic E-state index is 12.5. The van der Waals surface area contributed by atoms with E-state index in [0.717, 1.165) is 18.2 Å². The van der Waals surface area contributed by atoms with E-state index < -0.39 is 10.0 Å². The van der Waals surface area contributed by atoms with Gasteiger partial charge in [-0.25, -0.2) is 8.42 Å². The minimum atomic E-state index is -3.43. The molecule has 0 bridgehead atoms. The van der Waals surface area contributed by atoms with Gasteiger partial charge in [0.2, 0.25) is 10.0 Å². The van der Waals surface area contributed by atoms with Gasteiger partial charge in [-0.05, 0) is 42.7 Å². The van der Waals surface area contributed by atoms with E-state index in [4.69, 9.17) is 11.6 Å². The van der Waals surface area contributed by atoms with E-state index in [-0.39, 0.29) is 28.2 Å². The molecule has 7 heteroatoms. The fourth-order valence-electron chi connectivity index (χ4n) is 2.38. The van der Waals surface area contributed by atoms with Crippen LogP contribution in [0, 0.1) is 0 Å². The Morgan fingerprint density at radius 2 is 1.80 bits per heavy atom. The second-order valence-electron chi connectivity index (χ2n) is 5.86. The summed E-state index contributed by atoms with van der Waals surface area (Å²) in [6.45, 7) is 3.96. The van der Waals surface area contributed by atoms with Crippen LogP contribution in [-0.4, -0.2) is 20.6 Å². The molecule has 0 aliphatic heterocycles. The van der Waals surface area contributed by atoms with Crippen molar-refractivity contribution in [3.05, 3.63) is 64.2 Å². The summed E-state index contributed by atoms with van der Waals surface area (Å²) in [5.74, 6) is -0.366. The minimum Gasteiger partial charge on any atom is -0.345 e. The number of amides is 1. The fraction of sp³-hybridized carbons (Fsp3) is 0.278. The zero-order chi connectivity index (χ0) is 18.6. The van der Waals surface area contributed by atoms with E-state index >= 15 is 0 Å².